The maximum absolute atomic E-state index is 12.5. The third-order valence-electron chi connectivity index (χ3n) is 4.60. The Bertz CT molecular complexity index is 822. The zero-order chi connectivity index (χ0) is 18.9. The Morgan fingerprint density at radius 2 is 2.00 bits per heavy atom. The molecule has 6 heteroatoms. The van der Waals surface area contributed by atoms with Crippen molar-refractivity contribution in [3.8, 4) is 0 Å². The van der Waals surface area contributed by atoms with E-state index in [1.807, 2.05) is 41.2 Å². The number of carbonyl (C=O) groups excluding carboxylic acids is 2. The molecule has 0 bridgehead atoms. The Morgan fingerprint density at radius 3 is 2.65 bits per heavy atom. The Kier molecular flexibility index (Phi) is 5.10. The predicted octanol–water partition coefficient (Wildman–Crippen LogP) is 3.43. The van der Waals surface area contributed by atoms with E-state index in [0.29, 0.717) is 30.1 Å². The molecule has 26 heavy (non-hydrogen) atoms. The molecule has 1 aromatic heterocycles. The van der Waals surface area contributed by atoms with Gasteiger partial charge in [0.05, 0.1) is 11.6 Å². The summed E-state index contributed by atoms with van der Waals surface area (Å²) in [5.74, 6) is -0.118. The first kappa shape index (κ1) is 18.5. The Labute approximate surface area is 158 Å². The number of hydrogen-bond donors (Lipinski definition) is 1. The highest BCUT2D eigenvalue weighted by Crippen LogP contribution is 2.21. The average Bonchev–Trinajstić information content (AvgIpc) is 3.17. The van der Waals surface area contributed by atoms with Gasteiger partial charge in [0, 0.05) is 42.5 Å². The highest BCUT2D eigenvalue weighted by molar-refractivity contribution is 6.31. The van der Waals surface area contributed by atoms with Gasteiger partial charge in [0.1, 0.15) is 0 Å². The van der Waals surface area contributed by atoms with Gasteiger partial charge in [-0.15, -0.1) is 0 Å². The van der Waals surface area contributed by atoms with Crippen molar-refractivity contribution in [2.24, 2.45) is 0 Å². The molecule has 1 atom stereocenters. The minimum absolute atomic E-state index is 0.0301. The molecule has 0 unspecified atom stereocenters. The minimum Gasteiger partial charge on any atom is -0.348 e. The molecular formula is C20H24ClN3O2. The molecule has 0 saturated carbocycles. The number of likely N-dealkylation sites (tertiary alicyclic amines) is 1. The molecule has 3 rings (SSSR count). The van der Waals surface area contributed by atoms with Crippen molar-refractivity contribution in [1.82, 2.24) is 14.8 Å². The van der Waals surface area contributed by atoms with Crippen LogP contribution < -0.4 is 5.32 Å². The number of nitrogens with one attached hydrogen (secondary N) is 1. The van der Waals surface area contributed by atoms with Crippen LogP contribution in [0.3, 0.4) is 0 Å². The van der Waals surface area contributed by atoms with Gasteiger partial charge in [-0.1, -0.05) is 29.8 Å². The second kappa shape index (κ2) is 7.16. The maximum Gasteiger partial charge on any atom is 0.253 e. The number of rotatable bonds is 4. The molecule has 1 fully saturated rings. The normalized spacial score (nSPS) is 17.6. The van der Waals surface area contributed by atoms with Crippen LogP contribution in [0.1, 0.15) is 43.1 Å². The van der Waals surface area contributed by atoms with Crippen molar-refractivity contribution < 1.29 is 9.59 Å². The van der Waals surface area contributed by atoms with Crippen molar-refractivity contribution in [1.29, 1.82) is 0 Å². The van der Waals surface area contributed by atoms with E-state index in [9.17, 15) is 9.59 Å². The molecule has 1 saturated heterocycles. The van der Waals surface area contributed by atoms with Crippen molar-refractivity contribution in [2.75, 3.05) is 6.54 Å². The number of carbonyl (C=O) groups is 2. The Hall–Kier alpha value is -2.27. The van der Waals surface area contributed by atoms with Crippen LogP contribution in [0.4, 0.5) is 0 Å². The lowest BCUT2D eigenvalue weighted by Crippen LogP contribution is -2.37. The van der Waals surface area contributed by atoms with Crippen molar-refractivity contribution >= 4 is 23.4 Å². The van der Waals surface area contributed by atoms with Crippen molar-refractivity contribution in [2.45, 2.75) is 45.3 Å². The highest BCUT2D eigenvalue weighted by atomic mass is 35.5. The zero-order valence-corrected chi connectivity index (χ0v) is 16.1. The van der Waals surface area contributed by atoms with Gasteiger partial charge < -0.3 is 14.8 Å². The monoisotopic (exact) mass is 373 g/mol. The summed E-state index contributed by atoms with van der Waals surface area (Å²) in [6.07, 6.45) is 4.06. The van der Waals surface area contributed by atoms with E-state index in [1.165, 1.54) is 0 Å². The van der Waals surface area contributed by atoms with Gasteiger partial charge in [-0.05, 0) is 38.5 Å². The maximum atomic E-state index is 12.5. The average molecular weight is 374 g/mol. The van der Waals surface area contributed by atoms with Crippen LogP contribution in [0.2, 0.25) is 5.02 Å². The lowest BCUT2D eigenvalue weighted by molar-refractivity contribution is -0.128. The van der Waals surface area contributed by atoms with Crippen molar-refractivity contribution in [3.05, 3.63) is 58.9 Å². The molecular weight excluding hydrogens is 350 g/mol. The zero-order valence-electron chi connectivity index (χ0n) is 15.3. The molecule has 1 aromatic carbocycles. The predicted molar refractivity (Wildman–Crippen MR) is 102 cm³/mol. The molecule has 1 aliphatic rings. The standard InChI is InChI=1S/C20H24ClN3O2/c1-20(2,3)24-9-8-15(12-24)19(26)22-16-10-18(25)23(13-16)11-14-6-4-5-7-17(14)21/h4-9,12,16H,10-11,13H2,1-3H3,(H,22,26)/t16-/m0/s1. The minimum atomic E-state index is -0.185. The Balaban J connectivity index is 1.61. The van der Waals surface area contributed by atoms with Crippen LogP contribution in [-0.4, -0.2) is 33.9 Å². The molecule has 138 valence electrons. The molecule has 2 aromatic rings. The smallest absolute Gasteiger partial charge is 0.253 e. The fraction of sp³-hybridized carbons (Fsp3) is 0.400. The summed E-state index contributed by atoms with van der Waals surface area (Å²) < 4.78 is 2.01. The third-order valence-corrected chi connectivity index (χ3v) is 4.97. The molecule has 0 spiro atoms. The van der Waals surface area contributed by atoms with Crippen LogP contribution in [0.15, 0.2) is 42.7 Å². The molecule has 5 nitrogen and oxygen atoms in total. The second-order valence-electron chi connectivity index (χ2n) is 7.72. The number of nitrogens with zero attached hydrogens (tertiary/aromatic N) is 2. The summed E-state index contributed by atoms with van der Waals surface area (Å²) in [5.41, 5.74) is 1.45. The summed E-state index contributed by atoms with van der Waals surface area (Å²) in [4.78, 5) is 26.5. The fourth-order valence-corrected chi connectivity index (χ4v) is 3.27. The summed E-state index contributed by atoms with van der Waals surface area (Å²) in [6, 6.07) is 9.12. The molecule has 2 amide bonds. The first-order valence-corrected chi connectivity index (χ1v) is 9.12. The lowest BCUT2D eigenvalue weighted by Gasteiger charge is -2.21. The van der Waals surface area contributed by atoms with Gasteiger partial charge in [0.25, 0.3) is 5.91 Å². The Morgan fingerprint density at radius 1 is 1.27 bits per heavy atom. The molecule has 2 heterocycles. The van der Waals surface area contributed by atoms with Crippen LogP contribution in [0, 0.1) is 0 Å². The van der Waals surface area contributed by atoms with Gasteiger partial charge in [0.2, 0.25) is 5.91 Å². The fourth-order valence-electron chi connectivity index (χ4n) is 3.07. The largest absolute Gasteiger partial charge is 0.348 e. The van der Waals surface area contributed by atoms with Crippen LogP contribution in [0.5, 0.6) is 0 Å². The van der Waals surface area contributed by atoms with Gasteiger partial charge >= 0.3 is 0 Å². The topological polar surface area (TPSA) is 54.3 Å². The molecule has 1 N–H and O–H groups in total. The van der Waals surface area contributed by atoms with E-state index in [0.717, 1.165) is 5.56 Å². The van der Waals surface area contributed by atoms with Gasteiger partial charge in [-0.25, -0.2) is 0 Å². The summed E-state index contributed by atoms with van der Waals surface area (Å²) >= 11 is 6.18. The molecule has 0 aliphatic carbocycles. The van der Waals surface area contributed by atoms with Crippen molar-refractivity contribution in [3.63, 3.8) is 0 Å². The van der Waals surface area contributed by atoms with Gasteiger partial charge in [0.15, 0.2) is 0 Å². The van der Waals surface area contributed by atoms with E-state index in [4.69, 9.17) is 11.6 Å². The third kappa shape index (κ3) is 4.10. The van der Waals surface area contributed by atoms with E-state index in [1.54, 1.807) is 11.0 Å². The summed E-state index contributed by atoms with van der Waals surface area (Å²) in [6.45, 7) is 7.20. The summed E-state index contributed by atoms with van der Waals surface area (Å²) in [5, 5.41) is 3.62. The van der Waals surface area contributed by atoms with Crippen LogP contribution >= 0.6 is 11.6 Å². The molecule has 0 radical (unpaired) electrons. The summed E-state index contributed by atoms with van der Waals surface area (Å²) in [7, 11) is 0. The SMILES string of the molecule is CC(C)(C)n1ccc(C(=O)N[C@H]2CC(=O)N(Cc3ccccc3Cl)C2)c1. The van der Waals surface area contributed by atoms with E-state index >= 15 is 0 Å². The van der Waals surface area contributed by atoms with Gasteiger partial charge in [-0.2, -0.15) is 0 Å². The first-order valence-electron chi connectivity index (χ1n) is 8.74. The van der Waals surface area contributed by atoms with Gasteiger partial charge in [-0.3, -0.25) is 9.59 Å². The van der Waals surface area contributed by atoms with E-state index in [-0.39, 0.29) is 23.4 Å². The van der Waals surface area contributed by atoms with E-state index in [2.05, 4.69) is 26.1 Å². The number of benzene rings is 1. The second-order valence-corrected chi connectivity index (χ2v) is 8.13. The number of aromatic nitrogens is 1. The van der Waals surface area contributed by atoms with Crippen LogP contribution in [0.25, 0.3) is 0 Å². The highest BCUT2D eigenvalue weighted by Gasteiger charge is 2.31. The number of amides is 2. The quantitative estimate of drug-likeness (QED) is 0.892. The van der Waals surface area contributed by atoms with Crippen LogP contribution in [-0.2, 0) is 16.9 Å². The first-order chi connectivity index (χ1) is 12.2. The number of hydrogen-bond acceptors (Lipinski definition) is 2. The lowest BCUT2D eigenvalue weighted by atomic mass is 10.1. The number of halogens is 1. The van der Waals surface area contributed by atoms with E-state index < -0.39 is 0 Å². The molecule has 1 aliphatic heterocycles.